The molecule has 0 saturated heterocycles. The zero-order valence-corrected chi connectivity index (χ0v) is 14.9. The van der Waals surface area contributed by atoms with E-state index in [2.05, 4.69) is 10.1 Å². The van der Waals surface area contributed by atoms with Crippen LogP contribution < -0.4 is 5.73 Å². The van der Waals surface area contributed by atoms with E-state index in [1.807, 2.05) is 51.1 Å². The van der Waals surface area contributed by atoms with Crippen LogP contribution in [-0.2, 0) is 5.54 Å². The number of hydrogen-bond donors (Lipinski definition) is 2. The Hall–Kier alpha value is -2.92. The third-order valence-corrected chi connectivity index (χ3v) is 4.56. The van der Waals surface area contributed by atoms with Gasteiger partial charge in [-0.3, -0.25) is 0 Å². The fourth-order valence-electron chi connectivity index (χ4n) is 3.48. The molecule has 26 heavy (non-hydrogen) atoms. The van der Waals surface area contributed by atoms with Crippen molar-refractivity contribution in [1.82, 2.24) is 10.1 Å². The summed E-state index contributed by atoms with van der Waals surface area (Å²) in [6.07, 6.45) is 0. The highest BCUT2D eigenvalue weighted by Crippen LogP contribution is 2.41. The number of halogens is 1. The van der Waals surface area contributed by atoms with Crippen LogP contribution in [0.2, 0.25) is 0 Å². The van der Waals surface area contributed by atoms with Crippen molar-refractivity contribution in [3.05, 3.63) is 65.7 Å². The topological polar surface area (TPSA) is 67.8 Å². The molecule has 3 N–H and O–H groups in total. The normalized spacial score (nSPS) is 12.0. The van der Waals surface area contributed by atoms with Crippen molar-refractivity contribution in [2.45, 2.75) is 26.3 Å². The minimum absolute atomic E-state index is 0.293. The monoisotopic (exact) mass is 349 g/mol. The fourth-order valence-corrected chi connectivity index (χ4v) is 3.48. The zero-order chi connectivity index (χ0) is 18.5. The summed E-state index contributed by atoms with van der Waals surface area (Å²) in [4.78, 5) is 3.40. The predicted octanol–water partition coefficient (Wildman–Crippen LogP) is 5.13. The molecule has 0 atom stereocenters. The van der Waals surface area contributed by atoms with Gasteiger partial charge in [0.15, 0.2) is 0 Å². The highest BCUT2D eigenvalue weighted by Gasteiger charge is 2.29. The Morgan fingerprint density at radius 1 is 1.12 bits per heavy atom. The highest BCUT2D eigenvalue weighted by atomic mass is 19.1. The van der Waals surface area contributed by atoms with E-state index in [9.17, 15) is 4.39 Å². The number of hydrogen-bond acceptors (Lipinski definition) is 3. The number of aromatic nitrogens is 2. The second-order valence-corrected chi connectivity index (χ2v) is 7.11. The molecular weight excluding hydrogens is 329 g/mol. The van der Waals surface area contributed by atoms with Gasteiger partial charge in [-0.15, -0.1) is 0 Å². The summed E-state index contributed by atoms with van der Waals surface area (Å²) in [5.74, 6) is 0.389. The van der Waals surface area contributed by atoms with Crippen LogP contribution in [-0.4, -0.2) is 10.1 Å². The summed E-state index contributed by atoms with van der Waals surface area (Å²) in [6.45, 7) is 5.69. The molecule has 2 heterocycles. The number of H-pyrrole nitrogens is 1. The van der Waals surface area contributed by atoms with Crippen LogP contribution in [0.15, 0.2) is 53.1 Å². The van der Waals surface area contributed by atoms with E-state index in [1.54, 1.807) is 6.07 Å². The molecule has 0 saturated carbocycles. The molecule has 2 aromatic heterocycles. The molecule has 4 nitrogen and oxygen atoms in total. The number of fused-ring (bicyclic) bond motifs is 1. The molecule has 0 spiro atoms. The molecule has 0 fully saturated rings. The van der Waals surface area contributed by atoms with Crippen molar-refractivity contribution in [3.63, 3.8) is 0 Å². The molecule has 0 amide bonds. The van der Waals surface area contributed by atoms with Gasteiger partial charge in [-0.05, 0) is 39.0 Å². The van der Waals surface area contributed by atoms with Crippen molar-refractivity contribution < 1.29 is 8.91 Å². The first-order chi connectivity index (χ1) is 12.4. The lowest BCUT2D eigenvalue weighted by molar-refractivity contribution is 0.400. The van der Waals surface area contributed by atoms with Crippen LogP contribution in [0.1, 0.15) is 25.2 Å². The first kappa shape index (κ1) is 16.5. The molecular formula is C21H20FN3O. The van der Waals surface area contributed by atoms with Crippen LogP contribution in [0, 0.1) is 12.7 Å². The van der Waals surface area contributed by atoms with Gasteiger partial charge in [0.25, 0.3) is 0 Å². The minimum Gasteiger partial charge on any atom is -0.360 e. The van der Waals surface area contributed by atoms with E-state index >= 15 is 0 Å². The molecule has 0 aliphatic heterocycles. The van der Waals surface area contributed by atoms with Gasteiger partial charge in [-0.25, -0.2) is 4.39 Å². The number of aryl methyl sites for hydroxylation is 1. The summed E-state index contributed by atoms with van der Waals surface area (Å²) >= 11 is 0. The average Bonchev–Trinajstić information content (AvgIpc) is 3.15. The summed E-state index contributed by atoms with van der Waals surface area (Å²) in [5, 5.41) is 5.03. The first-order valence-corrected chi connectivity index (χ1v) is 8.49. The Labute approximate surface area is 150 Å². The number of rotatable bonds is 3. The van der Waals surface area contributed by atoms with E-state index in [0.717, 1.165) is 39.0 Å². The third-order valence-electron chi connectivity index (χ3n) is 4.56. The van der Waals surface area contributed by atoms with Gasteiger partial charge >= 0.3 is 0 Å². The van der Waals surface area contributed by atoms with E-state index < -0.39 is 5.54 Å². The van der Waals surface area contributed by atoms with Gasteiger partial charge in [0.2, 0.25) is 0 Å². The number of aromatic amines is 1. The average molecular weight is 349 g/mol. The van der Waals surface area contributed by atoms with Gasteiger partial charge in [-0.2, -0.15) is 0 Å². The van der Waals surface area contributed by atoms with Gasteiger partial charge < -0.3 is 15.2 Å². The van der Waals surface area contributed by atoms with Crippen LogP contribution in [0.4, 0.5) is 4.39 Å². The van der Waals surface area contributed by atoms with E-state index in [0.29, 0.717) is 5.76 Å². The van der Waals surface area contributed by atoms with Gasteiger partial charge in [-0.1, -0.05) is 35.5 Å². The van der Waals surface area contributed by atoms with Crippen LogP contribution in [0.3, 0.4) is 0 Å². The van der Waals surface area contributed by atoms with Gasteiger partial charge in [0.05, 0.1) is 11.3 Å². The summed E-state index contributed by atoms with van der Waals surface area (Å²) in [5.41, 5.74) is 10.8. The maximum Gasteiger partial charge on any atom is 0.143 e. The Morgan fingerprint density at radius 3 is 2.54 bits per heavy atom. The summed E-state index contributed by atoms with van der Waals surface area (Å²) < 4.78 is 19.4. The zero-order valence-electron chi connectivity index (χ0n) is 14.9. The predicted molar refractivity (Wildman–Crippen MR) is 101 cm³/mol. The first-order valence-electron chi connectivity index (χ1n) is 8.49. The lowest BCUT2D eigenvalue weighted by atomic mass is 9.89. The molecule has 0 radical (unpaired) electrons. The smallest absolute Gasteiger partial charge is 0.143 e. The Kier molecular flexibility index (Phi) is 3.70. The van der Waals surface area contributed by atoms with E-state index in [1.165, 1.54) is 12.1 Å². The molecule has 2 aromatic carbocycles. The molecule has 4 rings (SSSR count). The van der Waals surface area contributed by atoms with Gasteiger partial charge in [0.1, 0.15) is 17.3 Å². The molecule has 0 unspecified atom stereocenters. The van der Waals surface area contributed by atoms with Crippen molar-refractivity contribution in [2.75, 3.05) is 0 Å². The second-order valence-electron chi connectivity index (χ2n) is 7.11. The molecule has 132 valence electrons. The molecule has 4 aromatic rings. The summed E-state index contributed by atoms with van der Waals surface area (Å²) in [7, 11) is 0. The quantitative estimate of drug-likeness (QED) is 0.539. The Bertz CT molecular complexity index is 1090. The Morgan fingerprint density at radius 2 is 1.85 bits per heavy atom. The largest absolute Gasteiger partial charge is 0.360 e. The standard InChI is InChI=1S/C21H20FN3O/c1-12-17(19(25-26-12)13-7-5-4-6-8-13)20-18(21(2,3)23)15-11-14(22)9-10-16(15)24-20/h4-11,24H,23H2,1-3H3. The number of benzene rings is 2. The molecule has 0 aliphatic carbocycles. The van der Waals surface area contributed by atoms with E-state index in [4.69, 9.17) is 10.3 Å². The fraction of sp³-hybridized carbons (Fsp3) is 0.190. The maximum absolute atomic E-state index is 13.9. The molecule has 0 aliphatic rings. The van der Waals surface area contributed by atoms with Gasteiger partial charge in [0, 0.05) is 27.6 Å². The third kappa shape index (κ3) is 2.61. The van der Waals surface area contributed by atoms with Crippen molar-refractivity contribution in [2.24, 2.45) is 5.73 Å². The van der Waals surface area contributed by atoms with Crippen LogP contribution >= 0.6 is 0 Å². The number of nitrogens with two attached hydrogens (primary N) is 1. The minimum atomic E-state index is -0.682. The maximum atomic E-state index is 13.9. The molecule has 5 heteroatoms. The molecule has 0 bridgehead atoms. The lowest BCUT2D eigenvalue weighted by Crippen LogP contribution is -2.29. The highest BCUT2D eigenvalue weighted by molar-refractivity contribution is 5.95. The van der Waals surface area contributed by atoms with Crippen molar-refractivity contribution in [3.8, 4) is 22.5 Å². The summed E-state index contributed by atoms with van der Waals surface area (Å²) in [6, 6.07) is 14.5. The second kappa shape index (κ2) is 5.81. The number of nitrogens with zero attached hydrogens (tertiary/aromatic N) is 1. The lowest BCUT2D eigenvalue weighted by Gasteiger charge is -2.20. The van der Waals surface area contributed by atoms with Crippen molar-refractivity contribution in [1.29, 1.82) is 0 Å². The Balaban J connectivity index is 2.07. The van der Waals surface area contributed by atoms with Crippen molar-refractivity contribution >= 4 is 10.9 Å². The number of nitrogens with one attached hydrogen (secondary N) is 1. The SMILES string of the molecule is Cc1onc(-c2ccccc2)c1-c1[nH]c2ccc(F)cc2c1C(C)(C)N. The van der Waals surface area contributed by atoms with Crippen LogP contribution in [0.25, 0.3) is 33.4 Å². The van der Waals surface area contributed by atoms with Crippen LogP contribution in [0.5, 0.6) is 0 Å². The van der Waals surface area contributed by atoms with E-state index in [-0.39, 0.29) is 5.82 Å².